The summed E-state index contributed by atoms with van der Waals surface area (Å²) in [6.45, 7) is 2.64. The minimum atomic E-state index is -0.0165. The molecule has 156 valence electrons. The van der Waals surface area contributed by atoms with E-state index in [1.165, 1.54) is 24.2 Å². The highest BCUT2D eigenvalue weighted by Gasteiger charge is 2.26. The second-order valence-electron chi connectivity index (χ2n) is 7.37. The zero-order chi connectivity index (χ0) is 20.8. The van der Waals surface area contributed by atoms with Crippen molar-refractivity contribution in [3.8, 4) is 16.3 Å². The fourth-order valence-corrected chi connectivity index (χ4v) is 4.69. The van der Waals surface area contributed by atoms with E-state index in [1.54, 1.807) is 19.5 Å². The van der Waals surface area contributed by atoms with Gasteiger partial charge in [-0.05, 0) is 44.1 Å². The maximum atomic E-state index is 12.7. The summed E-state index contributed by atoms with van der Waals surface area (Å²) in [6.07, 6.45) is 6.18. The molecule has 2 aromatic heterocycles. The molecule has 1 aromatic carbocycles. The van der Waals surface area contributed by atoms with Crippen LogP contribution in [-0.4, -0.2) is 47.5 Å². The maximum absolute atomic E-state index is 12.7. The van der Waals surface area contributed by atoms with Crippen LogP contribution in [0.5, 0.6) is 5.75 Å². The molecule has 0 aliphatic carbocycles. The number of nitrogens with one attached hydrogen (secondary N) is 1. The molecule has 1 N–H and O–H groups in total. The van der Waals surface area contributed by atoms with Crippen LogP contribution >= 0.6 is 11.3 Å². The molecule has 3 aromatic rings. The van der Waals surface area contributed by atoms with E-state index in [0.29, 0.717) is 6.54 Å². The van der Waals surface area contributed by atoms with Gasteiger partial charge in [0.25, 0.3) is 0 Å². The average Bonchev–Trinajstić information content (AvgIpc) is 3.47. The third-order valence-corrected chi connectivity index (χ3v) is 6.31. The SMILES string of the molecule is COc1ccccc1C(CNC(=O)Cc1csc(-c2cccnc2)n1)N1CCCC1. The number of carbonyl (C=O) groups is 1. The molecule has 0 bridgehead atoms. The van der Waals surface area contributed by atoms with E-state index < -0.39 is 0 Å². The van der Waals surface area contributed by atoms with E-state index in [0.717, 1.165) is 40.7 Å². The number of benzene rings is 1. The smallest absolute Gasteiger partial charge is 0.226 e. The Morgan fingerprint density at radius 2 is 2.07 bits per heavy atom. The van der Waals surface area contributed by atoms with Crippen LogP contribution in [0.1, 0.15) is 30.1 Å². The van der Waals surface area contributed by atoms with Crippen molar-refractivity contribution in [3.05, 3.63) is 65.4 Å². The molecule has 1 saturated heterocycles. The Morgan fingerprint density at radius 1 is 1.23 bits per heavy atom. The van der Waals surface area contributed by atoms with Gasteiger partial charge in [-0.1, -0.05) is 18.2 Å². The van der Waals surface area contributed by atoms with Crippen molar-refractivity contribution < 1.29 is 9.53 Å². The number of aromatic nitrogens is 2. The zero-order valence-electron chi connectivity index (χ0n) is 17.1. The Labute approximate surface area is 180 Å². The van der Waals surface area contributed by atoms with Crippen LogP contribution in [-0.2, 0) is 11.2 Å². The zero-order valence-corrected chi connectivity index (χ0v) is 17.9. The van der Waals surface area contributed by atoms with Crippen LogP contribution in [0.3, 0.4) is 0 Å². The fraction of sp³-hybridized carbons (Fsp3) is 0.348. The molecule has 0 radical (unpaired) electrons. The van der Waals surface area contributed by atoms with Gasteiger partial charge in [-0.25, -0.2) is 4.98 Å². The van der Waals surface area contributed by atoms with Crippen molar-refractivity contribution in [2.45, 2.75) is 25.3 Å². The van der Waals surface area contributed by atoms with Gasteiger partial charge in [-0.15, -0.1) is 11.3 Å². The lowest BCUT2D eigenvalue weighted by atomic mass is 10.0. The van der Waals surface area contributed by atoms with Crippen molar-refractivity contribution >= 4 is 17.2 Å². The first-order valence-electron chi connectivity index (χ1n) is 10.2. The van der Waals surface area contributed by atoms with Crippen molar-refractivity contribution in [2.24, 2.45) is 0 Å². The first kappa shape index (κ1) is 20.5. The molecule has 1 amide bonds. The quantitative estimate of drug-likeness (QED) is 0.599. The van der Waals surface area contributed by atoms with Gasteiger partial charge in [0.05, 0.1) is 25.3 Å². The predicted octanol–water partition coefficient (Wildman–Crippen LogP) is 3.71. The highest BCUT2D eigenvalue weighted by molar-refractivity contribution is 7.13. The van der Waals surface area contributed by atoms with Crippen molar-refractivity contribution in [3.63, 3.8) is 0 Å². The van der Waals surface area contributed by atoms with Gasteiger partial charge in [0.1, 0.15) is 10.8 Å². The minimum Gasteiger partial charge on any atom is -0.496 e. The Balaban J connectivity index is 1.41. The number of carbonyl (C=O) groups excluding carboxylic acids is 1. The van der Waals surface area contributed by atoms with Crippen molar-refractivity contribution in [1.82, 2.24) is 20.2 Å². The first-order chi connectivity index (χ1) is 14.7. The molecular formula is C23H26N4O2S. The van der Waals surface area contributed by atoms with E-state index in [2.05, 4.69) is 26.3 Å². The summed E-state index contributed by atoms with van der Waals surface area (Å²) in [6, 6.07) is 12.0. The highest BCUT2D eigenvalue weighted by atomic mass is 32.1. The summed E-state index contributed by atoms with van der Waals surface area (Å²) < 4.78 is 5.58. The van der Waals surface area contributed by atoms with Gasteiger partial charge in [0.15, 0.2) is 0 Å². The number of methoxy groups -OCH3 is 1. The highest BCUT2D eigenvalue weighted by Crippen LogP contribution is 2.31. The predicted molar refractivity (Wildman–Crippen MR) is 119 cm³/mol. The van der Waals surface area contributed by atoms with E-state index in [9.17, 15) is 4.79 Å². The Hall–Kier alpha value is -2.77. The molecule has 1 atom stereocenters. The molecule has 0 spiro atoms. The molecule has 7 heteroatoms. The van der Waals surface area contributed by atoms with E-state index >= 15 is 0 Å². The van der Waals surface area contributed by atoms with Gasteiger partial charge in [0.2, 0.25) is 5.91 Å². The van der Waals surface area contributed by atoms with Gasteiger partial charge in [0, 0.05) is 35.4 Å². The maximum Gasteiger partial charge on any atom is 0.226 e. The van der Waals surface area contributed by atoms with Gasteiger partial charge in [-0.2, -0.15) is 0 Å². The normalized spacial score (nSPS) is 15.1. The first-order valence-corrected chi connectivity index (χ1v) is 11.1. The topological polar surface area (TPSA) is 67.3 Å². The Bertz CT molecular complexity index is 970. The van der Waals surface area contributed by atoms with Gasteiger partial charge in [-0.3, -0.25) is 14.7 Å². The second-order valence-corrected chi connectivity index (χ2v) is 8.23. The van der Waals surface area contributed by atoms with Crippen LogP contribution in [0, 0.1) is 0 Å². The number of likely N-dealkylation sites (tertiary alicyclic amines) is 1. The number of para-hydroxylation sites is 1. The number of hydrogen-bond acceptors (Lipinski definition) is 6. The summed E-state index contributed by atoms with van der Waals surface area (Å²) >= 11 is 1.54. The summed E-state index contributed by atoms with van der Waals surface area (Å²) in [5.74, 6) is 0.849. The fourth-order valence-electron chi connectivity index (χ4n) is 3.88. The van der Waals surface area contributed by atoms with Crippen molar-refractivity contribution in [1.29, 1.82) is 0 Å². The largest absolute Gasteiger partial charge is 0.496 e. The summed E-state index contributed by atoms with van der Waals surface area (Å²) in [4.78, 5) is 23.8. The van der Waals surface area contributed by atoms with Crippen LogP contribution in [0.4, 0.5) is 0 Å². The molecule has 1 aliphatic rings. The van der Waals surface area contributed by atoms with Crippen molar-refractivity contribution in [2.75, 3.05) is 26.7 Å². The molecule has 4 rings (SSSR count). The molecule has 1 fully saturated rings. The van der Waals surface area contributed by atoms with Crippen LogP contribution in [0.25, 0.3) is 10.6 Å². The van der Waals surface area contributed by atoms with Gasteiger partial charge >= 0.3 is 0 Å². The Kier molecular flexibility index (Phi) is 6.71. The monoisotopic (exact) mass is 422 g/mol. The van der Waals surface area contributed by atoms with E-state index in [1.807, 2.05) is 35.7 Å². The van der Waals surface area contributed by atoms with E-state index in [4.69, 9.17) is 4.74 Å². The minimum absolute atomic E-state index is 0.0165. The van der Waals surface area contributed by atoms with E-state index in [-0.39, 0.29) is 18.4 Å². The third-order valence-electron chi connectivity index (χ3n) is 5.37. The summed E-state index contributed by atoms with van der Waals surface area (Å²) in [7, 11) is 1.69. The lowest BCUT2D eigenvalue weighted by Crippen LogP contribution is -2.37. The number of ether oxygens (including phenoxy) is 1. The Morgan fingerprint density at radius 3 is 2.83 bits per heavy atom. The molecule has 30 heavy (non-hydrogen) atoms. The molecule has 6 nitrogen and oxygen atoms in total. The average molecular weight is 423 g/mol. The van der Waals surface area contributed by atoms with Crippen LogP contribution in [0.2, 0.25) is 0 Å². The molecular weight excluding hydrogens is 396 g/mol. The summed E-state index contributed by atoms with van der Waals surface area (Å²) in [5.41, 5.74) is 2.88. The number of pyridine rings is 1. The standard InChI is InChI=1S/C23H26N4O2S/c1-29-21-9-3-2-8-19(21)20(27-11-4-5-12-27)15-25-22(28)13-18-16-30-23(26-18)17-7-6-10-24-14-17/h2-3,6-10,14,16,20H,4-5,11-13,15H2,1H3,(H,25,28). The third kappa shape index (κ3) is 4.86. The molecule has 1 unspecified atom stereocenters. The number of hydrogen-bond donors (Lipinski definition) is 1. The summed E-state index contributed by atoms with van der Waals surface area (Å²) in [5, 5.41) is 5.95. The second kappa shape index (κ2) is 9.82. The van der Waals surface area contributed by atoms with Crippen LogP contribution in [0.15, 0.2) is 54.2 Å². The van der Waals surface area contributed by atoms with Crippen LogP contribution < -0.4 is 10.1 Å². The van der Waals surface area contributed by atoms with Gasteiger partial charge < -0.3 is 10.1 Å². The number of nitrogens with zero attached hydrogens (tertiary/aromatic N) is 3. The number of amides is 1. The molecule has 1 aliphatic heterocycles. The number of rotatable bonds is 8. The molecule has 3 heterocycles. The molecule has 0 saturated carbocycles. The lowest BCUT2D eigenvalue weighted by molar-refractivity contribution is -0.120. The number of thiazole rings is 1. The lowest BCUT2D eigenvalue weighted by Gasteiger charge is -2.29.